The number of carbonyl (C=O) groups excluding carboxylic acids is 1. The van der Waals surface area contributed by atoms with Gasteiger partial charge in [0.05, 0.1) is 0 Å². The lowest BCUT2D eigenvalue weighted by Gasteiger charge is -2.47. The molecular weight excluding hydrogens is 298 g/mol. The zero-order valence-corrected chi connectivity index (χ0v) is 13.7. The minimum atomic E-state index is -0.133. The molecule has 4 rings (SSSR count). The predicted octanol–water partition coefficient (Wildman–Crippen LogP) is 2.55. The van der Waals surface area contributed by atoms with Crippen LogP contribution in [0.1, 0.15) is 55.9 Å². The summed E-state index contributed by atoms with van der Waals surface area (Å²) in [7, 11) is 2.23. The Morgan fingerprint density at radius 2 is 1.91 bits per heavy atom. The number of piperidine rings is 2. The number of urea groups is 1. The number of anilines is 1. The average Bonchev–Trinajstić information content (AvgIpc) is 3.21. The van der Waals surface area contributed by atoms with Gasteiger partial charge in [0.15, 0.2) is 0 Å². The third-order valence-corrected chi connectivity index (χ3v) is 6.26. The highest BCUT2D eigenvalue weighted by Gasteiger charge is 2.36. The Morgan fingerprint density at radius 1 is 1.18 bits per heavy atom. The van der Waals surface area contributed by atoms with Crippen LogP contribution in [-0.4, -0.2) is 46.3 Å². The maximum atomic E-state index is 12.2. The Bertz CT molecular complexity index is 544. The van der Waals surface area contributed by atoms with Crippen molar-refractivity contribution < 1.29 is 4.79 Å². The van der Waals surface area contributed by atoms with Crippen LogP contribution < -0.4 is 10.6 Å². The maximum Gasteiger partial charge on any atom is 0.321 e. The Hall–Kier alpha value is -1.21. The van der Waals surface area contributed by atoms with Gasteiger partial charge < -0.3 is 10.2 Å². The number of hydrogen-bond donors (Lipinski definition) is 2. The Morgan fingerprint density at radius 3 is 2.59 bits per heavy atom. The summed E-state index contributed by atoms with van der Waals surface area (Å²) in [5, 5.41) is 15.9. The van der Waals surface area contributed by atoms with E-state index >= 15 is 0 Å². The number of hydrogen-bond acceptors (Lipinski definition) is 5. The van der Waals surface area contributed by atoms with E-state index in [0.29, 0.717) is 23.1 Å². The molecule has 2 saturated heterocycles. The highest BCUT2D eigenvalue weighted by Crippen LogP contribution is 2.42. The highest BCUT2D eigenvalue weighted by molar-refractivity contribution is 7.15. The molecule has 6 nitrogen and oxygen atoms in total. The molecule has 2 amide bonds. The minimum absolute atomic E-state index is 0.133. The number of aromatic nitrogens is 2. The number of nitrogens with one attached hydrogen (secondary N) is 2. The van der Waals surface area contributed by atoms with Gasteiger partial charge in [0.1, 0.15) is 5.01 Å². The molecule has 1 aliphatic carbocycles. The molecule has 0 aromatic carbocycles. The standard InChI is InChI=1S/C15H23N5OS/c1-20-11-3-2-4-12(20)8-10(7-11)16-14(21)17-15-19-18-13(22-15)9-5-6-9/h9-12H,2-8H2,1H3,(H2,16,17,19,21)/t11-,12-/m0/s1. The molecule has 1 saturated carbocycles. The van der Waals surface area contributed by atoms with Gasteiger partial charge in [0, 0.05) is 24.0 Å². The molecule has 0 unspecified atom stereocenters. The van der Waals surface area contributed by atoms with Crippen LogP contribution in [-0.2, 0) is 0 Å². The Kier molecular flexibility index (Phi) is 3.78. The predicted molar refractivity (Wildman–Crippen MR) is 86.3 cm³/mol. The number of fused-ring (bicyclic) bond motifs is 2. The molecule has 22 heavy (non-hydrogen) atoms. The van der Waals surface area contributed by atoms with Crippen LogP contribution in [0.3, 0.4) is 0 Å². The van der Waals surface area contributed by atoms with E-state index in [9.17, 15) is 4.79 Å². The van der Waals surface area contributed by atoms with E-state index in [0.717, 1.165) is 17.8 Å². The minimum Gasteiger partial charge on any atom is -0.335 e. The molecule has 3 heterocycles. The number of carbonyl (C=O) groups is 1. The van der Waals surface area contributed by atoms with Crippen molar-refractivity contribution in [2.45, 2.75) is 69.0 Å². The van der Waals surface area contributed by atoms with Gasteiger partial charge in [-0.3, -0.25) is 5.32 Å². The zero-order valence-electron chi connectivity index (χ0n) is 12.9. The quantitative estimate of drug-likeness (QED) is 0.897. The summed E-state index contributed by atoms with van der Waals surface area (Å²) in [6, 6.07) is 1.40. The lowest BCUT2D eigenvalue weighted by atomic mass is 9.82. The molecule has 0 radical (unpaired) electrons. The number of rotatable bonds is 3. The molecule has 3 aliphatic rings. The van der Waals surface area contributed by atoms with Crippen molar-refractivity contribution in [1.29, 1.82) is 0 Å². The SMILES string of the molecule is CN1[C@H]2CCC[C@H]1CC(NC(=O)Nc1nnc(C3CC3)s1)C2. The topological polar surface area (TPSA) is 70.2 Å². The van der Waals surface area contributed by atoms with Crippen LogP contribution in [0.25, 0.3) is 0 Å². The molecular formula is C15H23N5OS. The Labute approximate surface area is 134 Å². The van der Waals surface area contributed by atoms with Crippen LogP contribution in [0.15, 0.2) is 0 Å². The van der Waals surface area contributed by atoms with Crippen LogP contribution in [0, 0.1) is 0 Å². The van der Waals surface area contributed by atoms with Crippen LogP contribution >= 0.6 is 11.3 Å². The third-order valence-electron chi connectivity index (χ3n) is 5.26. The van der Waals surface area contributed by atoms with Crippen molar-refractivity contribution in [2.24, 2.45) is 0 Å². The van der Waals surface area contributed by atoms with Gasteiger partial charge in [-0.15, -0.1) is 10.2 Å². The highest BCUT2D eigenvalue weighted by atomic mass is 32.1. The first-order chi connectivity index (χ1) is 10.7. The van der Waals surface area contributed by atoms with E-state index < -0.39 is 0 Å². The van der Waals surface area contributed by atoms with Crippen LogP contribution in [0.2, 0.25) is 0 Å². The monoisotopic (exact) mass is 321 g/mol. The van der Waals surface area contributed by atoms with E-state index in [1.165, 1.54) is 43.4 Å². The molecule has 2 aliphatic heterocycles. The van der Waals surface area contributed by atoms with Crippen molar-refractivity contribution in [3.05, 3.63) is 5.01 Å². The van der Waals surface area contributed by atoms with E-state index in [1.54, 1.807) is 0 Å². The summed E-state index contributed by atoms with van der Waals surface area (Å²) in [6.45, 7) is 0. The van der Waals surface area contributed by atoms with Crippen molar-refractivity contribution >= 4 is 22.5 Å². The van der Waals surface area contributed by atoms with Gasteiger partial charge in [-0.1, -0.05) is 17.8 Å². The molecule has 2 N–H and O–H groups in total. The van der Waals surface area contributed by atoms with E-state index in [4.69, 9.17) is 0 Å². The van der Waals surface area contributed by atoms with E-state index in [-0.39, 0.29) is 12.1 Å². The molecule has 0 spiro atoms. The molecule has 1 aromatic heterocycles. The van der Waals surface area contributed by atoms with Gasteiger partial charge >= 0.3 is 6.03 Å². The van der Waals surface area contributed by atoms with Gasteiger partial charge in [-0.2, -0.15) is 0 Å². The van der Waals surface area contributed by atoms with Crippen molar-refractivity contribution in [3.8, 4) is 0 Å². The van der Waals surface area contributed by atoms with Crippen molar-refractivity contribution in [2.75, 3.05) is 12.4 Å². The molecule has 3 fully saturated rings. The lowest BCUT2D eigenvalue weighted by Crippen LogP contribution is -2.55. The van der Waals surface area contributed by atoms with Crippen molar-refractivity contribution in [3.63, 3.8) is 0 Å². The van der Waals surface area contributed by atoms with Crippen LogP contribution in [0.4, 0.5) is 9.93 Å². The first-order valence-electron chi connectivity index (χ1n) is 8.32. The summed E-state index contributed by atoms with van der Waals surface area (Å²) in [4.78, 5) is 14.7. The second-order valence-corrected chi connectivity index (χ2v) is 7.90. The van der Waals surface area contributed by atoms with Gasteiger partial charge in [0.25, 0.3) is 0 Å². The van der Waals surface area contributed by atoms with Gasteiger partial charge in [-0.25, -0.2) is 4.79 Å². The second kappa shape index (κ2) is 5.77. The van der Waals surface area contributed by atoms with Crippen LogP contribution in [0.5, 0.6) is 0 Å². The summed E-state index contributed by atoms with van der Waals surface area (Å²) < 4.78 is 0. The zero-order chi connectivity index (χ0) is 15.1. The van der Waals surface area contributed by atoms with E-state index in [1.807, 2.05) is 0 Å². The first-order valence-corrected chi connectivity index (χ1v) is 9.13. The third kappa shape index (κ3) is 2.96. The summed E-state index contributed by atoms with van der Waals surface area (Å²) >= 11 is 1.51. The number of amides is 2. The second-order valence-electron chi connectivity index (χ2n) is 6.89. The average molecular weight is 321 g/mol. The maximum absolute atomic E-state index is 12.2. The summed E-state index contributed by atoms with van der Waals surface area (Å²) in [6.07, 6.45) is 8.38. The lowest BCUT2D eigenvalue weighted by molar-refractivity contribution is 0.0513. The molecule has 2 bridgehead atoms. The largest absolute Gasteiger partial charge is 0.335 e. The fourth-order valence-corrected chi connectivity index (χ4v) is 4.74. The smallest absolute Gasteiger partial charge is 0.321 e. The summed E-state index contributed by atoms with van der Waals surface area (Å²) in [5.74, 6) is 0.587. The normalized spacial score (nSPS) is 31.8. The fourth-order valence-electron chi connectivity index (χ4n) is 3.83. The summed E-state index contributed by atoms with van der Waals surface area (Å²) in [5.41, 5.74) is 0. The first kappa shape index (κ1) is 14.4. The van der Waals surface area contributed by atoms with Gasteiger partial charge in [-0.05, 0) is 45.6 Å². The van der Waals surface area contributed by atoms with E-state index in [2.05, 4.69) is 32.8 Å². The molecule has 1 aromatic rings. The van der Waals surface area contributed by atoms with Crippen molar-refractivity contribution in [1.82, 2.24) is 20.4 Å². The fraction of sp³-hybridized carbons (Fsp3) is 0.800. The molecule has 7 heteroatoms. The van der Waals surface area contributed by atoms with Gasteiger partial charge in [0.2, 0.25) is 5.13 Å². The Balaban J connectivity index is 1.31. The molecule has 2 atom stereocenters. The molecule has 120 valence electrons. The number of nitrogens with zero attached hydrogens (tertiary/aromatic N) is 3.